The zero-order valence-corrected chi connectivity index (χ0v) is 10.6. The first-order chi connectivity index (χ1) is 9.56. The van der Waals surface area contributed by atoms with Gasteiger partial charge in [0.1, 0.15) is 6.20 Å². The molecule has 0 saturated heterocycles. The second-order valence-electron chi connectivity index (χ2n) is 4.04. The Bertz CT molecular complexity index is 592. The molecule has 0 radical (unpaired) electrons. The van der Waals surface area contributed by atoms with Crippen LogP contribution in [0.1, 0.15) is 25.2 Å². The largest absolute Gasteiger partial charge is 0.381 e. The van der Waals surface area contributed by atoms with Crippen molar-refractivity contribution in [2.45, 2.75) is 25.9 Å². The van der Waals surface area contributed by atoms with E-state index in [0.29, 0.717) is 12.4 Å². The van der Waals surface area contributed by atoms with Crippen LogP contribution in [0.3, 0.4) is 0 Å². The highest BCUT2D eigenvalue weighted by molar-refractivity contribution is 5.76. The summed E-state index contributed by atoms with van der Waals surface area (Å²) in [4.78, 5) is 25.2. The third-order valence-corrected chi connectivity index (χ3v) is 2.53. The van der Waals surface area contributed by atoms with Gasteiger partial charge in [-0.25, -0.2) is 0 Å². The van der Waals surface area contributed by atoms with E-state index >= 15 is 0 Å². The number of amides is 1. The van der Waals surface area contributed by atoms with Crippen molar-refractivity contribution >= 4 is 11.7 Å². The normalized spacial score (nSPS) is 12.1. The smallest absolute Gasteiger partial charge is 0.358 e. The van der Waals surface area contributed by atoms with Gasteiger partial charge in [-0.3, -0.25) is 4.79 Å². The van der Waals surface area contributed by atoms with Crippen molar-refractivity contribution in [2.75, 3.05) is 0 Å². The average Bonchev–Trinajstić information content (AvgIpc) is 3.07. The van der Waals surface area contributed by atoms with Gasteiger partial charge in [-0.2, -0.15) is 5.21 Å². The Morgan fingerprint density at radius 2 is 2.45 bits per heavy atom. The number of nitrogens with one attached hydrogen (secondary N) is 2. The van der Waals surface area contributed by atoms with Crippen molar-refractivity contribution in [1.29, 1.82) is 0 Å². The van der Waals surface area contributed by atoms with E-state index in [2.05, 4.69) is 30.9 Å². The summed E-state index contributed by atoms with van der Waals surface area (Å²) in [5.41, 5.74) is 0. The number of hydrogen-bond donors (Lipinski definition) is 2. The van der Waals surface area contributed by atoms with Gasteiger partial charge in [0.05, 0.1) is 6.04 Å². The fraction of sp³-hybridized carbons (Fsp3) is 0.444. The molecule has 11 nitrogen and oxygen atoms in total. The van der Waals surface area contributed by atoms with Crippen LogP contribution in [0.5, 0.6) is 0 Å². The summed E-state index contributed by atoms with van der Waals surface area (Å²) in [6.07, 6.45) is 2.75. The summed E-state index contributed by atoms with van der Waals surface area (Å²) in [6.45, 7) is 2.02. The highest BCUT2D eigenvalue weighted by Gasteiger charge is 2.14. The van der Waals surface area contributed by atoms with Gasteiger partial charge in [0.15, 0.2) is 5.82 Å². The lowest BCUT2D eigenvalue weighted by molar-refractivity contribution is -0.389. The monoisotopic (exact) mass is 280 g/mol. The van der Waals surface area contributed by atoms with Crippen molar-refractivity contribution in [1.82, 2.24) is 35.5 Å². The standard InChI is InChI=1S/C9H12N8O3/c1-6(9-12-14-15-13-9)11-8(18)2-3-16-4-7(10-5-16)17(19)20/h4-6H,2-3H2,1H3,(H,11,18)(H,12,13,14,15). The van der Waals surface area contributed by atoms with Crippen molar-refractivity contribution in [3.63, 3.8) is 0 Å². The second kappa shape index (κ2) is 5.86. The van der Waals surface area contributed by atoms with E-state index in [9.17, 15) is 14.9 Å². The number of carbonyl (C=O) groups is 1. The van der Waals surface area contributed by atoms with E-state index in [4.69, 9.17) is 0 Å². The number of aryl methyl sites for hydroxylation is 1. The molecule has 2 rings (SSSR count). The molecule has 0 aliphatic rings. The van der Waals surface area contributed by atoms with Crippen LogP contribution in [0.2, 0.25) is 0 Å². The van der Waals surface area contributed by atoms with Crippen molar-refractivity contribution in [3.05, 3.63) is 28.5 Å². The van der Waals surface area contributed by atoms with Crippen LogP contribution < -0.4 is 5.32 Å². The van der Waals surface area contributed by atoms with Crippen molar-refractivity contribution < 1.29 is 9.72 Å². The molecule has 1 amide bonds. The molecule has 11 heteroatoms. The van der Waals surface area contributed by atoms with E-state index in [1.165, 1.54) is 17.1 Å². The number of aromatic amines is 1. The summed E-state index contributed by atoms with van der Waals surface area (Å²) in [5.74, 6) is -0.0826. The van der Waals surface area contributed by atoms with Gasteiger partial charge >= 0.3 is 5.82 Å². The van der Waals surface area contributed by atoms with E-state index in [1.54, 1.807) is 6.92 Å². The number of nitro groups is 1. The lowest BCUT2D eigenvalue weighted by Gasteiger charge is -2.09. The number of carbonyl (C=O) groups excluding carboxylic acids is 1. The Balaban J connectivity index is 1.81. The molecule has 0 fully saturated rings. The maximum Gasteiger partial charge on any atom is 0.381 e. The predicted molar refractivity (Wildman–Crippen MR) is 64.2 cm³/mol. The van der Waals surface area contributed by atoms with E-state index < -0.39 is 4.92 Å². The van der Waals surface area contributed by atoms with Crippen molar-refractivity contribution in [2.24, 2.45) is 0 Å². The van der Waals surface area contributed by atoms with Gasteiger partial charge in [0, 0.05) is 13.0 Å². The lowest BCUT2D eigenvalue weighted by Crippen LogP contribution is -2.28. The summed E-state index contributed by atoms with van der Waals surface area (Å²) >= 11 is 0. The number of tetrazole rings is 1. The van der Waals surface area contributed by atoms with Crippen LogP contribution in [-0.4, -0.2) is 41.0 Å². The quantitative estimate of drug-likeness (QED) is 0.539. The first-order valence-corrected chi connectivity index (χ1v) is 5.75. The minimum absolute atomic E-state index is 0.162. The van der Waals surface area contributed by atoms with E-state index in [1.807, 2.05) is 0 Å². The summed E-state index contributed by atoms with van der Waals surface area (Å²) in [7, 11) is 0. The van der Waals surface area contributed by atoms with Gasteiger partial charge in [0.2, 0.25) is 12.2 Å². The van der Waals surface area contributed by atoms with Crippen LogP contribution >= 0.6 is 0 Å². The summed E-state index contributed by atoms with van der Waals surface area (Å²) in [6, 6.07) is -0.363. The fourth-order valence-electron chi connectivity index (χ4n) is 1.53. The molecule has 0 aliphatic heterocycles. The zero-order valence-electron chi connectivity index (χ0n) is 10.6. The van der Waals surface area contributed by atoms with Gasteiger partial charge in [-0.05, 0) is 16.8 Å². The SMILES string of the molecule is CC(NC(=O)CCn1cnc([N+](=O)[O-])c1)c1nn[nH]n1. The maximum atomic E-state index is 11.7. The molecule has 0 spiro atoms. The van der Waals surface area contributed by atoms with Gasteiger partial charge in [-0.1, -0.05) is 5.21 Å². The summed E-state index contributed by atoms with van der Waals surface area (Å²) < 4.78 is 1.48. The average molecular weight is 280 g/mol. The molecule has 0 aliphatic carbocycles. The number of aromatic nitrogens is 6. The number of nitrogens with zero attached hydrogens (tertiary/aromatic N) is 6. The molecular formula is C9H12N8O3. The fourth-order valence-corrected chi connectivity index (χ4v) is 1.53. The minimum atomic E-state index is -0.588. The molecule has 106 valence electrons. The first kappa shape index (κ1) is 13.6. The van der Waals surface area contributed by atoms with Gasteiger partial charge < -0.3 is 20.0 Å². The molecule has 2 aromatic heterocycles. The van der Waals surface area contributed by atoms with Crippen molar-refractivity contribution in [3.8, 4) is 0 Å². The van der Waals surface area contributed by atoms with Crippen LogP contribution in [0, 0.1) is 10.1 Å². The number of rotatable bonds is 6. The van der Waals surface area contributed by atoms with Gasteiger partial charge in [-0.15, -0.1) is 10.2 Å². The number of hydrogen-bond acceptors (Lipinski definition) is 7. The molecule has 1 unspecified atom stereocenters. The zero-order chi connectivity index (χ0) is 14.5. The van der Waals surface area contributed by atoms with Crippen LogP contribution in [0.4, 0.5) is 5.82 Å². The molecular weight excluding hydrogens is 268 g/mol. The maximum absolute atomic E-state index is 11.7. The third kappa shape index (κ3) is 3.34. The Morgan fingerprint density at radius 1 is 1.65 bits per heavy atom. The Kier molecular flexibility index (Phi) is 3.98. The molecule has 0 aromatic carbocycles. The van der Waals surface area contributed by atoms with Gasteiger partial charge in [0.25, 0.3) is 0 Å². The van der Waals surface area contributed by atoms with Crippen LogP contribution in [0.25, 0.3) is 0 Å². The van der Waals surface area contributed by atoms with Crippen LogP contribution in [-0.2, 0) is 11.3 Å². The Hall–Kier alpha value is -2.85. The molecule has 2 aromatic rings. The second-order valence-corrected chi connectivity index (χ2v) is 4.04. The molecule has 2 N–H and O–H groups in total. The highest BCUT2D eigenvalue weighted by atomic mass is 16.6. The molecule has 0 saturated carbocycles. The van der Waals surface area contributed by atoms with E-state index in [0.717, 1.165) is 0 Å². The lowest BCUT2D eigenvalue weighted by atomic mass is 10.3. The first-order valence-electron chi connectivity index (χ1n) is 5.75. The third-order valence-electron chi connectivity index (χ3n) is 2.53. The number of H-pyrrole nitrogens is 1. The molecule has 1 atom stereocenters. The topological polar surface area (TPSA) is 145 Å². The Labute approximate surface area is 112 Å². The number of imidazole rings is 1. The molecule has 0 bridgehead atoms. The molecule has 20 heavy (non-hydrogen) atoms. The minimum Gasteiger partial charge on any atom is -0.358 e. The van der Waals surface area contributed by atoms with Crippen LogP contribution in [0.15, 0.2) is 12.5 Å². The molecule has 2 heterocycles. The predicted octanol–water partition coefficient (Wildman–Crippen LogP) is -0.428. The summed E-state index contributed by atoms with van der Waals surface area (Å²) in [5, 5.41) is 26.4. The van der Waals surface area contributed by atoms with E-state index in [-0.39, 0.29) is 24.2 Å². The highest BCUT2D eigenvalue weighted by Crippen LogP contribution is 2.07. The Morgan fingerprint density at radius 3 is 3.05 bits per heavy atom.